The molecule has 0 aliphatic rings. The predicted octanol–water partition coefficient (Wildman–Crippen LogP) is 2.81. The second-order valence-electron chi connectivity index (χ2n) is 3.00. The molecule has 64 valence electrons. The van der Waals surface area contributed by atoms with E-state index in [2.05, 4.69) is 4.99 Å². The first kappa shape index (κ1) is 8.78. The van der Waals surface area contributed by atoms with Crippen LogP contribution in [0.2, 0.25) is 0 Å². The average molecular weight is 163 g/mol. The maximum Gasteiger partial charge on any atom is 0.144 e. The van der Waals surface area contributed by atoms with Gasteiger partial charge < -0.3 is 5.11 Å². The second kappa shape index (κ2) is 3.39. The van der Waals surface area contributed by atoms with E-state index in [4.69, 9.17) is 0 Å². The number of aliphatic imine (C=N–C) groups is 1. The van der Waals surface area contributed by atoms with Crippen LogP contribution < -0.4 is 0 Å². The van der Waals surface area contributed by atoms with Gasteiger partial charge in [0.25, 0.3) is 0 Å². The summed E-state index contributed by atoms with van der Waals surface area (Å²) in [6.45, 7) is 5.67. The van der Waals surface area contributed by atoms with Gasteiger partial charge in [-0.05, 0) is 32.4 Å². The molecule has 1 aromatic carbocycles. The highest BCUT2D eigenvalue weighted by Crippen LogP contribution is 2.29. The van der Waals surface area contributed by atoms with Crippen molar-refractivity contribution in [3.63, 3.8) is 0 Å². The van der Waals surface area contributed by atoms with Gasteiger partial charge in [0.05, 0.1) is 0 Å². The molecule has 0 fully saturated rings. The van der Waals surface area contributed by atoms with E-state index >= 15 is 0 Å². The van der Waals surface area contributed by atoms with E-state index in [0.717, 1.165) is 11.3 Å². The Hall–Kier alpha value is -1.31. The van der Waals surface area contributed by atoms with Crippen molar-refractivity contribution < 1.29 is 5.11 Å². The Labute approximate surface area is 72.6 Å². The second-order valence-corrected chi connectivity index (χ2v) is 3.00. The molecule has 0 aromatic heterocycles. The lowest BCUT2D eigenvalue weighted by Crippen LogP contribution is -1.80. The van der Waals surface area contributed by atoms with Gasteiger partial charge >= 0.3 is 0 Å². The average Bonchev–Trinajstić information content (AvgIpc) is 1.98. The third-order valence-corrected chi connectivity index (χ3v) is 1.56. The van der Waals surface area contributed by atoms with Gasteiger partial charge in [-0.25, -0.2) is 0 Å². The molecular formula is C10H13NO. The number of phenols is 1. The van der Waals surface area contributed by atoms with Crippen molar-refractivity contribution in [1.82, 2.24) is 0 Å². The molecule has 0 saturated heterocycles. The molecule has 0 aliphatic carbocycles. The van der Waals surface area contributed by atoms with Gasteiger partial charge in [0.2, 0.25) is 0 Å². The number of benzene rings is 1. The van der Waals surface area contributed by atoms with Crippen LogP contribution in [-0.4, -0.2) is 10.8 Å². The lowest BCUT2D eigenvalue weighted by atomic mass is 10.2. The van der Waals surface area contributed by atoms with Gasteiger partial charge in [-0.15, -0.1) is 0 Å². The van der Waals surface area contributed by atoms with E-state index in [1.54, 1.807) is 6.07 Å². The van der Waals surface area contributed by atoms with Crippen LogP contribution in [0.1, 0.15) is 19.4 Å². The number of phenolic OH excluding ortho intramolecular Hbond substituents is 1. The number of hydrogen-bond donors (Lipinski definition) is 1. The molecule has 0 heterocycles. The molecule has 1 N–H and O–H groups in total. The Kier molecular flexibility index (Phi) is 2.48. The standard InChI is InChI=1S/C10H13NO/c1-7(2)11-9-6-4-5-8(3)10(9)12/h4-6,12H,1-3H3. The van der Waals surface area contributed by atoms with Crippen molar-refractivity contribution in [2.24, 2.45) is 4.99 Å². The van der Waals surface area contributed by atoms with Gasteiger partial charge in [-0.2, -0.15) is 0 Å². The predicted molar refractivity (Wildman–Crippen MR) is 51.3 cm³/mol. The van der Waals surface area contributed by atoms with Gasteiger partial charge in [-0.3, -0.25) is 4.99 Å². The van der Waals surface area contributed by atoms with Crippen molar-refractivity contribution in [1.29, 1.82) is 0 Å². The minimum Gasteiger partial charge on any atom is -0.505 e. The van der Waals surface area contributed by atoms with Gasteiger partial charge in [0.1, 0.15) is 11.4 Å². The Morgan fingerprint density at radius 1 is 1.33 bits per heavy atom. The first-order chi connectivity index (χ1) is 5.61. The molecule has 0 unspecified atom stereocenters. The molecular weight excluding hydrogens is 150 g/mol. The smallest absolute Gasteiger partial charge is 0.144 e. The fraction of sp³-hybridized carbons (Fsp3) is 0.300. The lowest BCUT2D eigenvalue weighted by molar-refractivity contribution is 0.472. The molecule has 0 radical (unpaired) electrons. The molecule has 12 heavy (non-hydrogen) atoms. The Morgan fingerprint density at radius 2 is 2.00 bits per heavy atom. The molecule has 2 nitrogen and oxygen atoms in total. The summed E-state index contributed by atoms with van der Waals surface area (Å²) in [5.74, 6) is 0.277. The van der Waals surface area contributed by atoms with Crippen LogP contribution >= 0.6 is 0 Å². The highest BCUT2D eigenvalue weighted by atomic mass is 16.3. The number of aromatic hydroxyl groups is 1. The monoisotopic (exact) mass is 163 g/mol. The van der Waals surface area contributed by atoms with E-state index < -0.39 is 0 Å². The fourth-order valence-electron chi connectivity index (χ4n) is 0.975. The summed E-state index contributed by atoms with van der Waals surface area (Å²) < 4.78 is 0. The summed E-state index contributed by atoms with van der Waals surface area (Å²) in [5, 5.41) is 9.54. The van der Waals surface area contributed by atoms with Crippen LogP contribution in [0.5, 0.6) is 5.75 Å². The highest BCUT2D eigenvalue weighted by Gasteiger charge is 2.00. The number of hydrogen-bond acceptors (Lipinski definition) is 2. The van der Waals surface area contributed by atoms with Crippen molar-refractivity contribution in [2.75, 3.05) is 0 Å². The number of rotatable bonds is 1. The summed E-state index contributed by atoms with van der Waals surface area (Å²) in [4.78, 5) is 4.19. The Balaban J connectivity index is 3.17. The molecule has 0 spiro atoms. The van der Waals surface area contributed by atoms with Gasteiger partial charge in [-0.1, -0.05) is 12.1 Å². The third-order valence-electron chi connectivity index (χ3n) is 1.56. The number of nitrogens with zero attached hydrogens (tertiary/aromatic N) is 1. The van der Waals surface area contributed by atoms with E-state index in [0.29, 0.717) is 5.69 Å². The van der Waals surface area contributed by atoms with Gasteiger partial charge in [0.15, 0.2) is 0 Å². The van der Waals surface area contributed by atoms with Gasteiger partial charge in [0, 0.05) is 5.71 Å². The zero-order valence-electron chi connectivity index (χ0n) is 7.63. The topological polar surface area (TPSA) is 32.6 Å². The summed E-state index contributed by atoms with van der Waals surface area (Å²) in [6.07, 6.45) is 0. The summed E-state index contributed by atoms with van der Waals surface area (Å²) in [5.41, 5.74) is 2.45. The molecule has 0 amide bonds. The van der Waals surface area contributed by atoms with Crippen LogP contribution in [0.4, 0.5) is 5.69 Å². The molecule has 0 aliphatic heterocycles. The third kappa shape index (κ3) is 1.84. The van der Waals surface area contributed by atoms with Crippen LogP contribution in [-0.2, 0) is 0 Å². The van der Waals surface area contributed by atoms with Crippen molar-refractivity contribution in [2.45, 2.75) is 20.8 Å². The quantitative estimate of drug-likeness (QED) is 0.634. The summed E-state index contributed by atoms with van der Waals surface area (Å²) >= 11 is 0. The summed E-state index contributed by atoms with van der Waals surface area (Å²) in [7, 11) is 0. The maximum atomic E-state index is 9.54. The first-order valence-electron chi connectivity index (χ1n) is 3.91. The zero-order valence-corrected chi connectivity index (χ0v) is 7.63. The molecule has 1 aromatic rings. The number of para-hydroxylation sites is 1. The largest absolute Gasteiger partial charge is 0.505 e. The molecule has 0 saturated carbocycles. The molecule has 1 rings (SSSR count). The van der Waals surface area contributed by atoms with E-state index in [1.807, 2.05) is 32.9 Å². The molecule has 0 bridgehead atoms. The van der Waals surface area contributed by atoms with E-state index in [-0.39, 0.29) is 5.75 Å². The van der Waals surface area contributed by atoms with Crippen molar-refractivity contribution in [3.05, 3.63) is 23.8 Å². The van der Waals surface area contributed by atoms with Crippen LogP contribution in [0, 0.1) is 6.92 Å². The summed E-state index contributed by atoms with van der Waals surface area (Å²) in [6, 6.07) is 5.55. The fourth-order valence-corrected chi connectivity index (χ4v) is 0.975. The SMILES string of the molecule is CC(C)=Nc1cccc(C)c1O. The van der Waals surface area contributed by atoms with Crippen LogP contribution in [0.25, 0.3) is 0 Å². The highest BCUT2D eigenvalue weighted by molar-refractivity contribution is 5.83. The minimum atomic E-state index is 0.277. The van der Waals surface area contributed by atoms with E-state index in [1.165, 1.54) is 0 Å². The minimum absolute atomic E-state index is 0.277. The molecule has 0 atom stereocenters. The number of aryl methyl sites for hydroxylation is 1. The Bertz CT molecular complexity index is 312. The molecule has 2 heteroatoms. The van der Waals surface area contributed by atoms with Crippen molar-refractivity contribution >= 4 is 11.4 Å². The Morgan fingerprint density at radius 3 is 2.58 bits per heavy atom. The van der Waals surface area contributed by atoms with Crippen LogP contribution in [0.3, 0.4) is 0 Å². The maximum absolute atomic E-state index is 9.54. The van der Waals surface area contributed by atoms with Crippen molar-refractivity contribution in [3.8, 4) is 5.75 Å². The zero-order chi connectivity index (χ0) is 9.14. The van der Waals surface area contributed by atoms with Crippen LogP contribution in [0.15, 0.2) is 23.2 Å². The lowest BCUT2D eigenvalue weighted by Gasteiger charge is -2.01. The normalized spacial score (nSPS) is 9.58. The van der Waals surface area contributed by atoms with E-state index in [9.17, 15) is 5.11 Å². The first-order valence-corrected chi connectivity index (χ1v) is 3.91.